The molecule has 0 bridgehead atoms. The highest BCUT2D eigenvalue weighted by molar-refractivity contribution is 6.33. The van der Waals surface area contributed by atoms with Crippen LogP contribution in [0.3, 0.4) is 0 Å². The molecular formula is C15H20Cl2FN3O2. The Balaban J connectivity index is 0.00000264. The van der Waals surface area contributed by atoms with Crippen molar-refractivity contribution in [2.75, 3.05) is 26.2 Å². The monoisotopic (exact) mass is 363 g/mol. The summed E-state index contributed by atoms with van der Waals surface area (Å²) in [4.78, 5) is 27.5. The Labute approximate surface area is 146 Å². The van der Waals surface area contributed by atoms with Gasteiger partial charge in [0.05, 0.1) is 10.6 Å². The van der Waals surface area contributed by atoms with Gasteiger partial charge in [-0.15, -0.1) is 12.4 Å². The standard InChI is InChI=1S/C15H19ClFN3O2.ClH/c1-10(18)9-13(21)19-5-7-20(8-6-19)15(22)14-11(16)3-2-4-12(14)17;/h2-4,10H,5-9,18H2,1H3;1H. The summed E-state index contributed by atoms with van der Waals surface area (Å²) >= 11 is 5.91. The third kappa shape index (κ3) is 4.80. The maximum atomic E-state index is 13.8. The van der Waals surface area contributed by atoms with E-state index in [0.717, 1.165) is 0 Å². The Kier molecular flexibility index (Phi) is 7.25. The van der Waals surface area contributed by atoms with Gasteiger partial charge in [0.2, 0.25) is 5.91 Å². The second-order valence-electron chi connectivity index (χ2n) is 5.45. The Morgan fingerprint density at radius 2 is 1.83 bits per heavy atom. The highest BCUT2D eigenvalue weighted by atomic mass is 35.5. The van der Waals surface area contributed by atoms with Crippen molar-refractivity contribution >= 4 is 35.8 Å². The predicted molar refractivity (Wildman–Crippen MR) is 89.4 cm³/mol. The molecule has 0 radical (unpaired) electrons. The number of halogens is 3. The molecule has 1 aromatic rings. The van der Waals surface area contributed by atoms with Gasteiger partial charge < -0.3 is 15.5 Å². The Bertz CT molecular complexity index is 556. The van der Waals surface area contributed by atoms with Gasteiger partial charge >= 0.3 is 0 Å². The van der Waals surface area contributed by atoms with E-state index in [9.17, 15) is 14.0 Å². The fourth-order valence-electron chi connectivity index (χ4n) is 2.42. The highest BCUT2D eigenvalue weighted by Crippen LogP contribution is 2.21. The lowest BCUT2D eigenvalue weighted by atomic mass is 10.1. The maximum absolute atomic E-state index is 13.8. The summed E-state index contributed by atoms with van der Waals surface area (Å²) in [5.74, 6) is -1.10. The van der Waals surface area contributed by atoms with E-state index in [1.54, 1.807) is 11.8 Å². The normalized spacial score (nSPS) is 15.8. The van der Waals surface area contributed by atoms with Crippen molar-refractivity contribution in [2.45, 2.75) is 19.4 Å². The number of nitrogens with zero attached hydrogens (tertiary/aromatic N) is 2. The molecule has 128 valence electrons. The van der Waals surface area contributed by atoms with Crippen LogP contribution in [0.4, 0.5) is 4.39 Å². The van der Waals surface area contributed by atoms with E-state index in [0.29, 0.717) is 26.2 Å². The summed E-state index contributed by atoms with van der Waals surface area (Å²) in [5.41, 5.74) is 5.50. The van der Waals surface area contributed by atoms with Crippen LogP contribution < -0.4 is 5.73 Å². The summed E-state index contributed by atoms with van der Waals surface area (Å²) in [5, 5.41) is 0.0977. The van der Waals surface area contributed by atoms with Crippen LogP contribution in [0.1, 0.15) is 23.7 Å². The molecule has 5 nitrogen and oxygen atoms in total. The van der Waals surface area contributed by atoms with Crippen LogP contribution in [0.2, 0.25) is 5.02 Å². The molecule has 1 saturated heterocycles. The summed E-state index contributed by atoms with van der Waals surface area (Å²) in [6.07, 6.45) is 0.285. The lowest BCUT2D eigenvalue weighted by Gasteiger charge is -2.35. The van der Waals surface area contributed by atoms with Crippen LogP contribution in [0.15, 0.2) is 18.2 Å². The van der Waals surface area contributed by atoms with Crippen molar-refractivity contribution in [1.82, 2.24) is 9.80 Å². The minimum absolute atomic E-state index is 0. The molecule has 8 heteroatoms. The zero-order chi connectivity index (χ0) is 16.3. The summed E-state index contributed by atoms with van der Waals surface area (Å²) in [7, 11) is 0. The molecule has 0 aromatic heterocycles. The minimum Gasteiger partial charge on any atom is -0.339 e. The van der Waals surface area contributed by atoms with E-state index < -0.39 is 11.7 Å². The van der Waals surface area contributed by atoms with Crippen LogP contribution in [-0.4, -0.2) is 53.8 Å². The molecule has 1 atom stereocenters. The van der Waals surface area contributed by atoms with Crippen molar-refractivity contribution in [1.29, 1.82) is 0 Å². The molecule has 1 unspecified atom stereocenters. The third-order valence-corrected chi connectivity index (χ3v) is 3.91. The molecule has 0 spiro atoms. The average Bonchev–Trinajstić information content (AvgIpc) is 2.46. The number of carbonyl (C=O) groups is 2. The lowest BCUT2D eigenvalue weighted by Crippen LogP contribution is -2.51. The van der Waals surface area contributed by atoms with Crippen molar-refractivity contribution in [2.24, 2.45) is 5.73 Å². The van der Waals surface area contributed by atoms with Crippen LogP contribution in [0.25, 0.3) is 0 Å². The Morgan fingerprint density at radius 1 is 1.26 bits per heavy atom. The number of piperazine rings is 1. The van der Waals surface area contributed by atoms with Gasteiger partial charge in [-0.1, -0.05) is 17.7 Å². The van der Waals surface area contributed by atoms with Crippen molar-refractivity contribution in [3.8, 4) is 0 Å². The van der Waals surface area contributed by atoms with Gasteiger partial charge in [-0.3, -0.25) is 9.59 Å². The summed E-state index contributed by atoms with van der Waals surface area (Å²) in [6.45, 7) is 3.33. The average molecular weight is 364 g/mol. The van der Waals surface area contributed by atoms with Gasteiger partial charge in [-0.05, 0) is 19.1 Å². The van der Waals surface area contributed by atoms with Crippen molar-refractivity contribution in [3.63, 3.8) is 0 Å². The van der Waals surface area contributed by atoms with E-state index in [4.69, 9.17) is 17.3 Å². The van der Waals surface area contributed by atoms with Gasteiger partial charge in [0.15, 0.2) is 0 Å². The molecule has 1 fully saturated rings. The first-order valence-corrected chi connectivity index (χ1v) is 7.54. The van der Waals surface area contributed by atoms with Crippen molar-refractivity contribution < 1.29 is 14.0 Å². The molecule has 1 aliphatic rings. The van der Waals surface area contributed by atoms with Crippen LogP contribution in [0.5, 0.6) is 0 Å². The van der Waals surface area contributed by atoms with E-state index in [-0.39, 0.29) is 41.4 Å². The van der Waals surface area contributed by atoms with E-state index in [1.165, 1.54) is 23.1 Å². The van der Waals surface area contributed by atoms with Gasteiger partial charge in [0.25, 0.3) is 5.91 Å². The van der Waals surface area contributed by atoms with E-state index in [1.807, 2.05) is 0 Å². The topological polar surface area (TPSA) is 66.6 Å². The minimum atomic E-state index is -0.632. The van der Waals surface area contributed by atoms with Gasteiger partial charge in [-0.25, -0.2) is 4.39 Å². The quantitative estimate of drug-likeness (QED) is 0.891. The fraction of sp³-hybridized carbons (Fsp3) is 0.467. The summed E-state index contributed by atoms with van der Waals surface area (Å²) in [6, 6.07) is 3.96. The molecule has 1 heterocycles. The number of rotatable bonds is 3. The molecule has 2 N–H and O–H groups in total. The first-order valence-electron chi connectivity index (χ1n) is 7.16. The number of hydrogen-bond acceptors (Lipinski definition) is 3. The molecule has 1 aliphatic heterocycles. The lowest BCUT2D eigenvalue weighted by molar-refractivity contribution is -0.132. The second kappa shape index (κ2) is 8.47. The highest BCUT2D eigenvalue weighted by Gasteiger charge is 2.27. The first-order chi connectivity index (χ1) is 10.4. The zero-order valence-corrected chi connectivity index (χ0v) is 14.4. The van der Waals surface area contributed by atoms with Gasteiger partial charge in [0, 0.05) is 38.6 Å². The first kappa shape index (κ1) is 19.7. The number of benzene rings is 1. The largest absolute Gasteiger partial charge is 0.339 e. The second-order valence-corrected chi connectivity index (χ2v) is 5.86. The predicted octanol–water partition coefficient (Wildman–Crippen LogP) is 1.92. The van der Waals surface area contributed by atoms with Gasteiger partial charge in [-0.2, -0.15) is 0 Å². The van der Waals surface area contributed by atoms with Crippen LogP contribution in [-0.2, 0) is 4.79 Å². The number of hydrogen-bond donors (Lipinski definition) is 1. The summed E-state index contributed by atoms with van der Waals surface area (Å²) < 4.78 is 13.8. The molecule has 23 heavy (non-hydrogen) atoms. The number of carbonyl (C=O) groups excluding carboxylic acids is 2. The van der Waals surface area contributed by atoms with E-state index in [2.05, 4.69) is 0 Å². The molecule has 0 aliphatic carbocycles. The third-order valence-electron chi connectivity index (χ3n) is 3.59. The van der Waals surface area contributed by atoms with Gasteiger partial charge in [0.1, 0.15) is 5.82 Å². The van der Waals surface area contributed by atoms with Crippen molar-refractivity contribution in [3.05, 3.63) is 34.6 Å². The Hall–Kier alpha value is -1.37. The molecular weight excluding hydrogens is 344 g/mol. The van der Waals surface area contributed by atoms with E-state index >= 15 is 0 Å². The number of nitrogens with two attached hydrogens (primary N) is 1. The molecule has 1 aromatic carbocycles. The van der Waals surface area contributed by atoms with Crippen LogP contribution >= 0.6 is 24.0 Å². The smallest absolute Gasteiger partial charge is 0.258 e. The zero-order valence-electron chi connectivity index (χ0n) is 12.8. The Morgan fingerprint density at radius 3 is 2.35 bits per heavy atom. The van der Waals surface area contributed by atoms with Crippen LogP contribution in [0, 0.1) is 5.82 Å². The molecule has 0 saturated carbocycles. The maximum Gasteiger partial charge on any atom is 0.258 e. The fourth-order valence-corrected chi connectivity index (χ4v) is 2.67. The number of amides is 2. The molecule has 2 amide bonds. The molecule has 2 rings (SSSR count). The SMILES string of the molecule is CC(N)CC(=O)N1CCN(C(=O)c2c(F)cccc2Cl)CC1.Cl.